The standard InChI is InChI=1S/C11H18B6OS/c12-9(13)3-6-7(10(14,15)11(9,16)17)4-1-2-5(18)8(4)19-6/h1-3,12-17H2. The van der Waals surface area contributed by atoms with Crippen LogP contribution in [0.1, 0.15) is 32.1 Å². The van der Waals surface area contributed by atoms with Gasteiger partial charge in [-0.15, -0.1) is 11.3 Å². The molecule has 0 N–H and O–H groups in total. The molecule has 0 saturated carbocycles. The van der Waals surface area contributed by atoms with E-state index in [1.807, 2.05) is 0 Å². The predicted molar refractivity (Wildman–Crippen MR) is 99.0 cm³/mol. The number of fused-ring (bicyclic) bond motifs is 3. The quantitative estimate of drug-likeness (QED) is 0.446. The third kappa shape index (κ3) is 1.53. The first-order chi connectivity index (χ1) is 8.59. The van der Waals surface area contributed by atoms with Crippen LogP contribution in [0, 0.1) is 0 Å². The number of Topliss-reactive ketones (excluding diaryl/α,β-unsaturated/α-hetero) is 1. The van der Waals surface area contributed by atoms with Crippen LogP contribution in [0.4, 0.5) is 0 Å². The Morgan fingerprint density at radius 2 is 1.63 bits per heavy atom. The molecule has 19 heavy (non-hydrogen) atoms. The molecule has 1 aromatic heterocycles. The van der Waals surface area contributed by atoms with Crippen molar-refractivity contribution in [2.75, 3.05) is 0 Å². The zero-order chi connectivity index (χ0) is 14.2. The van der Waals surface area contributed by atoms with Gasteiger partial charge < -0.3 is 0 Å². The summed E-state index contributed by atoms with van der Waals surface area (Å²) in [5.74, 6) is 0.376. The second-order valence-electron chi connectivity index (χ2n) is 7.94. The highest BCUT2D eigenvalue weighted by atomic mass is 32.1. The van der Waals surface area contributed by atoms with Gasteiger partial charge in [0.15, 0.2) is 5.78 Å². The Hall–Kier alpha value is -0.240. The minimum absolute atomic E-state index is 0.138. The molecule has 0 bridgehead atoms. The van der Waals surface area contributed by atoms with Crippen LogP contribution in [0.15, 0.2) is 0 Å². The number of hydrogen-bond donors (Lipinski definition) is 0. The minimum atomic E-state index is 0.138. The first-order valence-corrected chi connectivity index (χ1v) is 8.09. The minimum Gasteiger partial charge on any atom is -0.293 e. The summed E-state index contributed by atoms with van der Waals surface area (Å²) in [6.07, 6.45) is 2.82. The van der Waals surface area contributed by atoms with Crippen LogP contribution in [-0.4, -0.2) is 52.9 Å². The van der Waals surface area contributed by atoms with Crippen LogP contribution < -0.4 is 0 Å². The summed E-state index contributed by atoms with van der Waals surface area (Å²) in [6, 6.07) is 0. The van der Waals surface area contributed by atoms with E-state index in [-0.39, 0.29) is 15.6 Å². The summed E-state index contributed by atoms with van der Waals surface area (Å²) in [5, 5.41) is 0.636. The molecule has 0 fully saturated rings. The number of rotatable bonds is 0. The maximum Gasteiger partial charge on any atom is 0.173 e. The molecular formula is C11H18B6OS. The Bertz CT molecular complexity index is 588. The van der Waals surface area contributed by atoms with Crippen molar-refractivity contribution in [3.63, 3.8) is 0 Å². The summed E-state index contributed by atoms with van der Waals surface area (Å²) in [5.41, 5.74) is 2.90. The maximum absolute atomic E-state index is 12.0. The highest BCUT2D eigenvalue weighted by molar-refractivity contribution is 7.14. The Labute approximate surface area is 125 Å². The highest BCUT2D eigenvalue weighted by Crippen LogP contribution is 2.61. The summed E-state index contributed by atoms with van der Waals surface area (Å²) in [6.45, 7) is 0. The van der Waals surface area contributed by atoms with Gasteiger partial charge in [-0.1, -0.05) is 15.6 Å². The van der Waals surface area contributed by atoms with Crippen molar-refractivity contribution in [1.29, 1.82) is 0 Å². The van der Waals surface area contributed by atoms with Crippen molar-refractivity contribution in [3.8, 4) is 0 Å². The molecule has 8 heteroatoms. The number of carbonyl (C=O) groups excluding carboxylic acids is 1. The largest absolute Gasteiger partial charge is 0.293 e. The van der Waals surface area contributed by atoms with Gasteiger partial charge in [-0.25, -0.2) is 0 Å². The molecule has 0 unspecified atom stereocenters. The van der Waals surface area contributed by atoms with Gasteiger partial charge in [0.1, 0.15) is 15.7 Å². The van der Waals surface area contributed by atoms with E-state index in [4.69, 9.17) is 0 Å². The van der Waals surface area contributed by atoms with Crippen molar-refractivity contribution in [1.82, 2.24) is 0 Å². The fourth-order valence-corrected chi connectivity index (χ4v) is 5.67. The van der Waals surface area contributed by atoms with Crippen LogP contribution in [-0.2, 0) is 18.1 Å². The number of thiophene rings is 1. The topological polar surface area (TPSA) is 17.1 Å². The smallest absolute Gasteiger partial charge is 0.173 e. The average molecular weight is 263 g/mol. The van der Waals surface area contributed by atoms with Crippen LogP contribution >= 0.6 is 11.3 Å². The fourth-order valence-electron chi connectivity index (χ4n) is 3.96. The second kappa shape index (κ2) is 3.69. The second-order valence-corrected chi connectivity index (χ2v) is 9.05. The Morgan fingerprint density at radius 1 is 1.00 bits per heavy atom. The van der Waals surface area contributed by atoms with Gasteiger partial charge in [-0.05, 0) is 24.0 Å². The summed E-state index contributed by atoms with van der Waals surface area (Å²) >= 11 is 1.79. The molecular weight excluding hydrogens is 245 g/mol. The Morgan fingerprint density at radius 3 is 2.26 bits per heavy atom. The first-order valence-electron chi connectivity index (χ1n) is 7.28. The molecule has 0 radical (unpaired) electrons. The van der Waals surface area contributed by atoms with E-state index in [1.54, 1.807) is 11.3 Å². The normalized spacial score (nSPS) is 25.8. The highest BCUT2D eigenvalue weighted by Gasteiger charge is 2.53. The van der Waals surface area contributed by atoms with Crippen molar-refractivity contribution in [2.45, 2.75) is 34.9 Å². The van der Waals surface area contributed by atoms with E-state index in [2.05, 4.69) is 47.1 Å². The van der Waals surface area contributed by atoms with Crippen LogP contribution in [0.5, 0.6) is 0 Å². The maximum atomic E-state index is 12.0. The van der Waals surface area contributed by atoms with Gasteiger partial charge in [0.2, 0.25) is 0 Å². The van der Waals surface area contributed by atoms with Gasteiger partial charge in [-0.2, -0.15) is 0 Å². The lowest BCUT2D eigenvalue weighted by molar-refractivity contribution is 0.0998. The summed E-state index contributed by atoms with van der Waals surface area (Å²) in [7, 11) is 14.3. The molecule has 2 aliphatic carbocycles. The van der Waals surface area contributed by atoms with E-state index in [9.17, 15) is 4.79 Å². The molecule has 0 aromatic carbocycles. The third-order valence-corrected chi connectivity index (χ3v) is 7.69. The van der Waals surface area contributed by atoms with E-state index >= 15 is 0 Å². The van der Waals surface area contributed by atoms with Crippen molar-refractivity contribution >= 4 is 64.2 Å². The fraction of sp³-hybridized carbons (Fsp3) is 0.545. The molecule has 92 valence electrons. The predicted octanol–water partition coefficient (Wildman–Crippen LogP) is -3.38. The van der Waals surface area contributed by atoms with Gasteiger partial charge in [0.25, 0.3) is 0 Å². The van der Waals surface area contributed by atoms with E-state index < -0.39 is 0 Å². The van der Waals surface area contributed by atoms with E-state index in [0.29, 0.717) is 5.78 Å². The van der Waals surface area contributed by atoms with Crippen molar-refractivity contribution < 1.29 is 4.79 Å². The van der Waals surface area contributed by atoms with Crippen molar-refractivity contribution in [2.24, 2.45) is 0 Å². The molecule has 2 aliphatic rings. The summed E-state index contributed by atoms with van der Waals surface area (Å²) < 4.78 is 0. The first kappa shape index (κ1) is 13.7. The molecule has 0 atom stereocenters. The van der Waals surface area contributed by atoms with Gasteiger partial charge in [0.05, 0.1) is 36.3 Å². The van der Waals surface area contributed by atoms with E-state index in [1.165, 1.54) is 16.0 Å². The molecule has 0 aliphatic heterocycles. The van der Waals surface area contributed by atoms with Crippen LogP contribution in [0.25, 0.3) is 0 Å². The molecule has 1 aromatic rings. The molecule has 1 heterocycles. The van der Waals surface area contributed by atoms with Gasteiger partial charge in [-0.3, -0.25) is 4.79 Å². The lowest BCUT2D eigenvalue weighted by atomic mass is 9.15. The zero-order valence-corrected chi connectivity index (χ0v) is 13.8. The SMILES string of the molecule is BC1(B)Cc2sc3c(c2C(B)(B)C1(B)B)CCC3=O. The number of ketones is 1. The zero-order valence-electron chi connectivity index (χ0n) is 12.9. The van der Waals surface area contributed by atoms with Crippen molar-refractivity contribution in [3.05, 3.63) is 20.9 Å². The lowest BCUT2D eigenvalue weighted by Crippen LogP contribution is -2.54. The molecule has 3 rings (SSSR count). The molecule has 0 amide bonds. The molecule has 0 spiro atoms. The molecule has 0 saturated heterocycles. The number of hydrogen-bond acceptors (Lipinski definition) is 2. The van der Waals surface area contributed by atoms with Gasteiger partial charge >= 0.3 is 0 Å². The summed E-state index contributed by atoms with van der Waals surface area (Å²) in [4.78, 5) is 14.6. The Kier molecular flexibility index (Phi) is 2.67. The van der Waals surface area contributed by atoms with Gasteiger partial charge in [0, 0.05) is 11.3 Å². The monoisotopic (exact) mass is 264 g/mol. The van der Waals surface area contributed by atoms with E-state index in [0.717, 1.165) is 24.1 Å². The lowest BCUT2D eigenvalue weighted by Gasteiger charge is -2.58. The number of carbonyl (C=O) groups is 1. The Balaban J connectivity index is 2.29. The molecule has 1 nitrogen and oxygen atoms in total. The van der Waals surface area contributed by atoms with Crippen LogP contribution in [0.2, 0.25) is 10.4 Å². The third-order valence-electron chi connectivity index (χ3n) is 6.42. The van der Waals surface area contributed by atoms with Crippen LogP contribution in [0.3, 0.4) is 0 Å². The average Bonchev–Trinajstić information content (AvgIpc) is 2.76.